The largest absolute Gasteiger partial charge is 0.392 e. The number of imidazole rings is 1. The van der Waals surface area contributed by atoms with Gasteiger partial charge in [0.15, 0.2) is 0 Å². The highest BCUT2D eigenvalue weighted by molar-refractivity contribution is 6.07. The molecule has 5 rings (SSSR count). The van der Waals surface area contributed by atoms with E-state index in [4.69, 9.17) is 0 Å². The molecule has 3 aromatic carbocycles. The van der Waals surface area contributed by atoms with Crippen molar-refractivity contribution in [1.29, 1.82) is 0 Å². The fourth-order valence-electron chi connectivity index (χ4n) is 4.28. The molecule has 2 N–H and O–H groups in total. The predicted molar refractivity (Wildman–Crippen MR) is 121 cm³/mol. The van der Waals surface area contributed by atoms with Crippen molar-refractivity contribution in [3.8, 4) is 0 Å². The van der Waals surface area contributed by atoms with Crippen LogP contribution in [0.5, 0.6) is 0 Å². The third-order valence-electron chi connectivity index (χ3n) is 5.90. The van der Waals surface area contributed by atoms with E-state index in [1.807, 2.05) is 71.8 Å². The Morgan fingerprint density at radius 1 is 1.06 bits per heavy atom. The first kappa shape index (κ1) is 19.3. The lowest BCUT2D eigenvalue weighted by Crippen LogP contribution is -2.35. The van der Waals surface area contributed by atoms with E-state index in [9.17, 15) is 9.90 Å². The number of aromatic nitrogens is 2. The molecule has 0 radical (unpaired) electrons. The van der Waals surface area contributed by atoms with Gasteiger partial charge in [-0.15, -0.1) is 0 Å². The topological polar surface area (TPSA) is 72.5 Å². The van der Waals surface area contributed by atoms with Gasteiger partial charge in [0.2, 0.25) is 0 Å². The molecule has 0 saturated carbocycles. The number of fused-ring (bicyclic) bond motifs is 2. The van der Waals surface area contributed by atoms with Crippen molar-refractivity contribution < 1.29 is 9.90 Å². The van der Waals surface area contributed by atoms with E-state index >= 15 is 0 Å². The van der Waals surface area contributed by atoms with Gasteiger partial charge in [-0.2, -0.15) is 0 Å². The van der Waals surface area contributed by atoms with Gasteiger partial charge in [0.25, 0.3) is 5.91 Å². The Morgan fingerprint density at radius 2 is 1.94 bits per heavy atom. The number of nitrogens with one attached hydrogen (secondary N) is 1. The van der Waals surface area contributed by atoms with Crippen molar-refractivity contribution in [1.82, 2.24) is 14.9 Å². The highest BCUT2D eigenvalue weighted by Gasteiger charge is 2.25. The Balaban J connectivity index is 1.50. The lowest BCUT2D eigenvalue weighted by molar-refractivity contribution is 0.0753. The number of anilines is 1. The molecule has 0 saturated heterocycles. The van der Waals surface area contributed by atoms with Gasteiger partial charge in [-0.25, -0.2) is 4.98 Å². The highest BCUT2D eigenvalue weighted by Crippen LogP contribution is 2.29. The molecule has 1 aliphatic heterocycles. The minimum Gasteiger partial charge on any atom is -0.392 e. The maximum atomic E-state index is 13.6. The fraction of sp³-hybridized carbons (Fsp3) is 0.200. The van der Waals surface area contributed by atoms with Crippen LogP contribution in [0.25, 0.3) is 10.8 Å². The minimum absolute atomic E-state index is 0.0101. The van der Waals surface area contributed by atoms with Gasteiger partial charge in [-0.3, -0.25) is 4.79 Å². The molecule has 1 aromatic heterocycles. The number of amides is 1. The lowest BCUT2D eigenvalue weighted by atomic mass is 10.0. The van der Waals surface area contributed by atoms with Crippen LogP contribution in [0, 0.1) is 0 Å². The van der Waals surface area contributed by atoms with Crippen LogP contribution in [0.1, 0.15) is 27.2 Å². The molecule has 0 bridgehead atoms. The number of hydrogen-bond acceptors (Lipinski definition) is 4. The van der Waals surface area contributed by atoms with Crippen LogP contribution in [-0.2, 0) is 19.7 Å². The highest BCUT2D eigenvalue weighted by atomic mass is 16.3. The summed E-state index contributed by atoms with van der Waals surface area (Å²) in [7, 11) is 0. The van der Waals surface area contributed by atoms with E-state index in [-0.39, 0.29) is 12.5 Å². The van der Waals surface area contributed by atoms with E-state index in [0.717, 1.165) is 38.8 Å². The zero-order valence-electron chi connectivity index (χ0n) is 17.2. The smallest absolute Gasteiger partial charge is 0.254 e. The first-order chi connectivity index (χ1) is 15.2. The SMILES string of the molecule is O=C(c1cccc2ccccc12)N1CCN(Cc2cnc[nH]2)c2cc(CO)ccc2C1. The monoisotopic (exact) mass is 412 g/mol. The van der Waals surface area contributed by atoms with Crippen molar-refractivity contribution >= 4 is 22.4 Å². The van der Waals surface area contributed by atoms with Gasteiger partial charge in [-0.1, -0.05) is 48.5 Å². The van der Waals surface area contributed by atoms with E-state index in [1.54, 1.807) is 6.33 Å². The number of aliphatic hydroxyl groups is 1. The summed E-state index contributed by atoms with van der Waals surface area (Å²) in [6.45, 7) is 2.49. The van der Waals surface area contributed by atoms with Crippen molar-refractivity contribution in [3.05, 3.63) is 95.6 Å². The second-order valence-electron chi connectivity index (χ2n) is 7.87. The molecule has 0 aliphatic carbocycles. The number of carbonyl (C=O) groups excluding carboxylic acids is 1. The molecule has 0 spiro atoms. The molecule has 0 unspecified atom stereocenters. The first-order valence-electron chi connectivity index (χ1n) is 10.4. The summed E-state index contributed by atoms with van der Waals surface area (Å²) >= 11 is 0. The number of nitrogens with zero attached hydrogens (tertiary/aromatic N) is 3. The fourth-order valence-corrected chi connectivity index (χ4v) is 4.28. The van der Waals surface area contributed by atoms with Crippen LogP contribution in [0.3, 0.4) is 0 Å². The normalized spacial score (nSPS) is 13.8. The minimum atomic E-state index is -0.0101. The quantitative estimate of drug-likeness (QED) is 0.536. The van der Waals surface area contributed by atoms with Crippen LogP contribution in [0.2, 0.25) is 0 Å². The number of benzene rings is 3. The number of hydrogen-bond donors (Lipinski definition) is 2. The summed E-state index contributed by atoms with van der Waals surface area (Å²) in [4.78, 5) is 25.0. The summed E-state index contributed by atoms with van der Waals surface area (Å²) in [5, 5.41) is 11.7. The van der Waals surface area contributed by atoms with E-state index in [1.165, 1.54) is 0 Å². The molecule has 6 heteroatoms. The van der Waals surface area contributed by atoms with Gasteiger partial charge in [0, 0.05) is 37.1 Å². The average molecular weight is 412 g/mol. The molecule has 4 aromatic rings. The summed E-state index contributed by atoms with van der Waals surface area (Å²) in [5.41, 5.74) is 4.72. The third-order valence-corrected chi connectivity index (χ3v) is 5.90. The second-order valence-corrected chi connectivity index (χ2v) is 7.87. The molecular weight excluding hydrogens is 388 g/mol. The van der Waals surface area contributed by atoms with Crippen LogP contribution in [0.4, 0.5) is 5.69 Å². The van der Waals surface area contributed by atoms with Crippen molar-refractivity contribution in [3.63, 3.8) is 0 Å². The zero-order valence-corrected chi connectivity index (χ0v) is 17.2. The van der Waals surface area contributed by atoms with E-state index in [2.05, 4.69) is 14.9 Å². The molecule has 2 heterocycles. The molecule has 1 aliphatic rings. The maximum Gasteiger partial charge on any atom is 0.254 e. The Morgan fingerprint density at radius 3 is 2.77 bits per heavy atom. The molecule has 31 heavy (non-hydrogen) atoms. The van der Waals surface area contributed by atoms with Gasteiger partial charge >= 0.3 is 0 Å². The lowest BCUT2D eigenvalue weighted by Gasteiger charge is -2.25. The van der Waals surface area contributed by atoms with Crippen molar-refractivity contribution in [2.45, 2.75) is 19.7 Å². The van der Waals surface area contributed by atoms with E-state index < -0.39 is 0 Å². The summed E-state index contributed by atoms with van der Waals surface area (Å²) in [5.74, 6) is 0.0392. The number of rotatable bonds is 4. The number of aromatic amines is 1. The van der Waals surface area contributed by atoms with Gasteiger partial charge in [-0.05, 0) is 34.0 Å². The summed E-state index contributed by atoms with van der Waals surface area (Å²) < 4.78 is 0. The Hall–Kier alpha value is -3.64. The average Bonchev–Trinajstić information content (AvgIpc) is 3.26. The molecular formula is C25H24N4O2. The van der Waals surface area contributed by atoms with Crippen LogP contribution >= 0.6 is 0 Å². The molecule has 1 amide bonds. The zero-order chi connectivity index (χ0) is 21.2. The van der Waals surface area contributed by atoms with Crippen molar-refractivity contribution in [2.75, 3.05) is 18.0 Å². The second kappa shape index (κ2) is 8.24. The third kappa shape index (κ3) is 3.78. The summed E-state index contributed by atoms with van der Waals surface area (Å²) in [6, 6.07) is 19.9. The molecule has 0 fully saturated rings. The number of H-pyrrole nitrogens is 1. The van der Waals surface area contributed by atoms with Gasteiger partial charge in [0.1, 0.15) is 0 Å². The standard InChI is InChI=1S/C25H24N4O2/c30-16-18-8-9-20-14-29(11-10-28(24(20)12-18)15-21-13-26-17-27-21)25(31)23-7-3-5-19-4-1-2-6-22(19)23/h1-9,12-13,17,30H,10-11,14-16H2,(H,26,27). The van der Waals surface area contributed by atoms with Crippen LogP contribution < -0.4 is 4.90 Å². The van der Waals surface area contributed by atoms with Crippen LogP contribution in [-0.4, -0.2) is 39.0 Å². The Bertz CT molecular complexity index is 1210. The van der Waals surface area contributed by atoms with Gasteiger partial charge < -0.3 is 19.9 Å². The summed E-state index contributed by atoms with van der Waals surface area (Å²) in [6.07, 6.45) is 3.49. The number of aliphatic hydroxyl groups excluding tert-OH is 1. The Labute approximate surface area is 180 Å². The predicted octanol–water partition coefficient (Wildman–Crippen LogP) is 3.72. The van der Waals surface area contributed by atoms with Crippen molar-refractivity contribution in [2.24, 2.45) is 0 Å². The maximum absolute atomic E-state index is 13.6. The molecule has 6 nitrogen and oxygen atoms in total. The first-order valence-corrected chi connectivity index (χ1v) is 10.4. The van der Waals surface area contributed by atoms with E-state index in [0.29, 0.717) is 26.2 Å². The van der Waals surface area contributed by atoms with Crippen LogP contribution in [0.15, 0.2) is 73.2 Å². The number of carbonyl (C=O) groups is 1. The molecule has 0 atom stereocenters. The van der Waals surface area contributed by atoms with Gasteiger partial charge in [0.05, 0.1) is 25.2 Å². The Kier molecular flexibility index (Phi) is 5.14. The molecule has 156 valence electrons.